The Bertz CT molecular complexity index is 576. The summed E-state index contributed by atoms with van der Waals surface area (Å²) in [6.07, 6.45) is 1.83. The summed E-state index contributed by atoms with van der Waals surface area (Å²) in [7, 11) is 0. The molecule has 0 unspecified atom stereocenters. The third-order valence-electron chi connectivity index (χ3n) is 3.36. The molecule has 0 radical (unpaired) electrons. The SMILES string of the molecule is O=C(NCC1(CBr)CC1)c1c(F)ccc([N+](=O)[O-])c1F. The third kappa shape index (κ3) is 2.79. The number of nitrogens with one attached hydrogen (secondary N) is 1. The molecule has 1 amide bonds. The Morgan fingerprint density at radius 3 is 2.60 bits per heavy atom. The van der Waals surface area contributed by atoms with Gasteiger partial charge in [0.2, 0.25) is 5.82 Å². The lowest BCUT2D eigenvalue weighted by Gasteiger charge is -2.13. The molecule has 1 fully saturated rings. The van der Waals surface area contributed by atoms with E-state index < -0.39 is 33.7 Å². The number of amides is 1. The summed E-state index contributed by atoms with van der Waals surface area (Å²) in [5.41, 5.74) is -1.90. The minimum absolute atomic E-state index is 0.0661. The van der Waals surface area contributed by atoms with Crippen molar-refractivity contribution < 1.29 is 18.5 Å². The number of carbonyl (C=O) groups excluding carboxylic acids is 1. The first-order chi connectivity index (χ1) is 9.40. The minimum Gasteiger partial charge on any atom is -0.351 e. The maximum absolute atomic E-state index is 13.8. The van der Waals surface area contributed by atoms with Crippen molar-refractivity contribution in [2.45, 2.75) is 12.8 Å². The van der Waals surface area contributed by atoms with Gasteiger partial charge in [0, 0.05) is 17.9 Å². The number of carbonyl (C=O) groups is 1. The number of rotatable bonds is 5. The van der Waals surface area contributed by atoms with Gasteiger partial charge < -0.3 is 5.32 Å². The molecular weight excluding hydrogens is 338 g/mol. The minimum atomic E-state index is -1.45. The van der Waals surface area contributed by atoms with Crippen molar-refractivity contribution in [2.75, 3.05) is 11.9 Å². The van der Waals surface area contributed by atoms with Crippen LogP contribution in [0.2, 0.25) is 0 Å². The van der Waals surface area contributed by atoms with Crippen LogP contribution in [0, 0.1) is 27.2 Å². The zero-order chi connectivity index (χ0) is 14.9. The topological polar surface area (TPSA) is 72.2 Å². The van der Waals surface area contributed by atoms with Crippen LogP contribution < -0.4 is 5.32 Å². The van der Waals surface area contributed by atoms with Crippen molar-refractivity contribution >= 4 is 27.5 Å². The molecule has 1 N–H and O–H groups in total. The molecule has 0 aliphatic heterocycles. The van der Waals surface area contributed by atoms with Crippen molar-refractivity contribution in [1.82, 2.24) is 5.32 Å². The van der Waals surface area contributed by atoms with E-state index in [-0.39, 0.29) is 12.0 Å². The summed E-state index contributed by atoms with van der Waals surface area (Å²) in [6.45, 7) is 0.276. The van der Waals surface area contributed by atoms with Gasteiger partial charge in [-0.2, -0.15) is 4.39 Å². The number of nitrogens with zero attached hydrogens (tertiary/aromatic N) is 1. The van der Waals surface area contributed by atoms with E-state index in [2.05, 4.69) is 21.2 Å². The fraction of sp³-hybridized carbons (Fsp3) is 0.417. The van der Waals surface area contributed by atoms with E-state index in [1.807, 2.05) is 0 Å². The highest BCUT2D eigenvalue weighted by molar-refractivity contribution is 9.09. The van der Waals surface area contributed by atoms with Gasteiger partial charge >= 0.3 is 5.69 Å². The van der Waals surface area contributed by atoms with Crippen molar-refractivity contribution in [3.63, 3.8) is 0 Å². The summed E-state index contributed by atoms with van der Waals surface area (Å²) >= 11 is 3.31. The van der Waals surface area contributed by atoms with Gasteiger partial charge in [0.15, 0.2) is 0 Å². The number of halogens is 3. The molecule has 0 bridgehead atoms. The number of hydrogen-bond acceptors (Lipinski definition) is 3. The molecule has 8 heteroatoms. The molecule has 1 aromatic rings. The highest BCUT2D eigenvalue weighted by Gasteiger charge is 2.42. The van der Waals surface area contributed by atoms with Crippen LogP contribution in [0.1, 0.15) is 23.2 Å². The molecule has 20 heavy (non-hydrogen) atoms. The van der Waals surface area contributed by atoms with Crippen LogP contribution in [-0.4, -0.2) is 22.7 Å². The van der Waals surface area contributed by atoms with Crippen LogP contribution in [0.15, 0.2) is 12.1 Å². The number of nitro groups is 1. The smallest absolute Gasteiger partial charge is 0.305 e. The normalized spacial score (nSPS) is 15.8. The Kier molecular flexibility index (Phi) is 4.03. The predicted octanol–water partition coefficient (Wildman–Crippen LogP) is 2.78. The van der Waals surface area contributed by atoms with Crippen LogP contribution in [0.4, 0.5) is 14.5 Å². The molecule has 2 rings (SSSR count). The number of nitro benzene ring substituents is 1. The van der Waals surface area contributed by atoms with Gasteiger partial charge in [-0.05, 0) is 24.3 Å². The summed E-state index contributed by atoms with van der Waals surface area (Å²) in [5.74, 6) is -3.54. The predicted molar refractivity (Wildman–Crippen MR) is 70.8 cm³/mol. The zero-order valence-corrected chi connectivity index (χ0v) is 11.9. The van der Waals surface area contributed by atoms with E-state index in [1.54, 1.807) is 0 Å². The summed E-state index contributed by atoms with van der Waals surface area (Å²) in [4.78, 5) is 21.4. The number of hydrogen-bond donors (Lipinski definition) is 1. The molecule has 1 aliphatic carbocycles. The lowest BCUT2D eigenvalue weighted by atomic mass is 10.1. The van der Waals surface area contributed by atoms with E-state index in [4.69, 9.17) is 0 Å². The molecule has 0 spiro atoms. The van der Waals surface area contributed by atoms with E-state index in [9.17, 15) is 23.7 Å². The second kappa shape index (κ2) is 5.43. The summed E-state index contributed by atoms with van der Waals surface area (Å²) in [5, 5.41) is 13.7. The van der Waals surface area contributed by atoms with Crippen molar-refractivity contribution in [2.24, 2.45) is 5.41 Å². The first-order valence-corrected chi connectivity index (χ1v) is 6.99. The standard InChI is InChI=1S/C12H11BrF2N2O3/c13-5-12(3-4-12)6-16-11(18)9-7(14)1-2-8(10(9)15)17(19)20/h1-2H,3-6H2,(H,16,18). The van der Waals surface area contributed by atoms with Crippen molar-refractivity contribution in [3.05, 3.63) is 39.4 Å². The van der Waals surface area contributed by atoms with Gasteiger partial charge in [-0.15, -0.1) is 0 Å². The maximum Gasteiger partial charge on any atom is 0.305 e. The lowest BCUT2D eigenvalue weighted by Crippen LogP contribution is -2.32. The molecular formula is C12H11BrF2N2O3. The molecule has 1 aliphatic rings. The molecule has 0 saturated heterocycles. The first-order valence-electron chi connectivity index (χ1n) is 5.87. The van der Waals surface area contributed by atoms with Crippen molar-refractivity contribution in [1.29, 1.82) is 0 Å². The van der Waals surface area contributed by atoms with Gasteiger partial charge in [0.25, 0.3) is 5.91 Å². The van der Waals surface area contributed by atoms with E-state index >= 15 is 0 Å². The lowest BCUT2D eigenvalue weighted by molar-refractivity contribution is -0.387. The fourth-order valence-corrected chi connectivity index (χ4v) is 2.54. The van der Waals surface area contributed by atoms with Crippen LogP contribution in [0.5, 0.6) is 0 Å². The second-order valence-corrected chi connectivity index (χ2v) is 5.39. The van der Waals surface area contributed by atoms with E-state index in [1.165, 1.54) is 0 Å². The van der Waals surface area contributed by atoms with E-state index in [0.717, 1.165) is 12.8 Å². The van der Waals surface area contributed by atoms with Gasteiger partial charge in [0.05, 0.1) is 4.92 Å². The highest BCUT2D eigenvalue weighted by atomic mass is 79.9. The maximum atomic E-state index is 13.8. The third-order valence-corrected chi connectivity index (χ3v) is 4.55. The number of alkyl halides is 1. The van der Waals surface area contributed by atoms with Gasteiger partial charge in [-0.3, -0.25) is 14.9 Å². The van der Waals surface area contributed by atoms with Crippen LogP contribution in [0.3, 0.4) is 0 Å². The Labute approximate surface area is 121 Å². The van der Waals surface area contributed by atoms with Crippen LogP contribution in [0.25, 0.3) is 0 Å². The average molecular weight is 349 g/mol. The molecule has 0 atom stereocenters. The quantitative estimate of drug-likeness (QED) is 0.505. The molecule has 1 aromatic carbocycles. The highest BCUT2D eigenvalue weighted by Crippen LogP contribution is 2.46. The summed E-state index contributed by atoms with van der Waals surface area (Å²) < 4.78 is 27.3. The second-order valence-electron chi connectivity index (χ2n) is 4.83. The Morgan fingerprint density at radius 2 is 2.10 bits per heavy atom. The average Bonchev–Trinajstić information content (AvgIpc) is 3.16. The largest absolute Gasteiger partial charge is 0.351 e. The monoisotopic (exact) mass is 348 g/mol. The van der Waals surface area contributed by atoms with E-state index in [0.29, 0.717) is 17.5 Å². The van der Waals surface area contributed by atoms with Crippen LogP contribution in [-0.2, 0) is 0 Å². The van der Waals surface area contributed by atoms with Crippen molar-refractivity contribution in [3.8, 4) is 0 Å². The Balaban J connectivity index is 2.21. The van der Waals surface area contributed by atoms with Crippen LogP contribution >= 0.6 is 15.9 Å². The fourth-order valence-electron chi connectivity index (χ4n) is 1.78. The number of benzene rings is 1. The van der Waals surface area contributed by atoms with Gasteiger partial charge in [-0.25, -0.2) is 4.39 Å². The Hall–Kier alpha value is -1.57. The van der Waals surface area contributed by atoms with Gasteiger partial charge in [0.1, 0.15) is 11.4 Å². The molecule has 0 aromatic heterocycles. The zero-order valence-electron chi connectivity index (χ0n) is 10.3. The molecule has 0 heterocycles. The molecule has 1 saturated carbocycles. The molecule has 108 valence electrons. The first kappa shape index (κ1) is 14.8. The molecule has 5 nitrogen and oxygen atoms in total. The van der Waals surface area contributed by atoms with Gasteiger partial charge in [-0.1, -0.05) is 15.9 Å². The Morgan fingerprint density at radius 1 is 1.45 bits per heavy atom. The summed E-state index contributed by atoms with van der Waals surface area (Å²) in [6, 6.07) is 1.41.